The second kappa shape index (κ2) is 7.71. The van der Waals surface area contributed by atoms with Gasteiger partial charge in [-0.05, 0) is 30.5 Å². The van der Waals surface area contributed by atoms with Crippen LogP contribution in [0.3, 0.4) is 0 Å². The molecule has 1 amide bonds. The summed E-state index contributed by atoms with van der Waals surface area (Å²) in [5.74, 6) is 1.85. The van der Waals surface area contributed by atoms with Crippen molar-refractivity contribution in [2.45, 2.75) is 51.4 Å². The van der Waals surface area contributed by atoms with Crippen LogP contribution >= 0.6 is 0 Å². The molecule has 23 heavy (non-hydrogen) atoms. The fourth-order valence-electron chi connectivity index (χ4n) is 3.18. The zero-order chi connectivity index (χ0) is 16.9. The van der Waals surface area contributed by atoms with Gasteiger partial charge in [-0.15, -0.1) is 0 Å². The number of ether oxygens (including phenoxy) is 2. The summed E-state index contributed by atoms with van der Waals surface area (Å²) < 4.78 is 10.7. The number of hydrogen-bond acceptors (Lipinski definition) is 3. The van der Waals surface area contributed by atoms with E-state index in [1.807, 2.05) is 18.2 Å². The molecule has 1 N–H and O–H groups in total. The van der Waals surface area contributed by atoms with Gasteiger partial charge in [-0.2, -0.15) is 0 Å². The monoisotopic (exact) mass is 319 g/mol. The molecule has 0 heterocycles. The number of methoxy groups -OCH3 is 2. The molecule has 128 valence electrons. The topological polar surface area (TPSA) is 47.6 Å². The lowest BCUT2D eigenvalue weighted by Gasteiger charge is -2.28. The van der Waals surface area contributed by atoms with Crippen LogP contribution in [0.25, 0.3) is 0 Å². The summed E-state index contributed by atoms with van der Waals surface area (Å²) in [7, 11) is 3.27. The number of rotatable bonds is 6. The van der Waals surface area contributed by atoms with Crippen molar-refractivity contribution in [3.05, 3.63) is 23.8 Å². The maximum Gasteiger partial charge on any atom is 0.223 e. The minimum absolute atomic E-state index is 0.163. The van der Waals surface area contributed by atoms with Crippen molar-refractivity contribution in [1.29, 1.82) is 0 Å². The molecule has 1 aromatic carbocycles. The first-order chi connectivity index (χ1) is 11.0. The second-order valence-electron chi connectivity index (χ2n) is 7.01. The number of carbonyl (C=O) groups is 1. The van der Waals surface area contributed by atoms with Gasteiger partial charge in [-0.1, -0.05) is 39.2 Å². The molecule has 1 aromatic rings. The van der Waals surface area contributed by atoms with Crippen LogP contribution in [0, 0.1) is 5.92 Å². The van der Waals surface area contributed by atoms with Crippen molar-refractivity contribution in [2.24, 2.45) is 5.92 Å². The SMILES string of the molecule is COc1ccc(C(C)(C)CNC(=O)C2CCCCC2)cc1OC. The van der Waals surface area contributed by atoms with E-state index in [4.69, 9.17) is 9.47 Å². The normalized spacial score (nSPS) is 16.0. The molecule has 1 aliphatic rings. The Morgan fingerprint density at radius 1 is 1.13 bits per heavy atom. The molecule has 1 saturated carbocycles. The molecule has 1 fully saturated rings. The van der Waals surface area contributed by atoms with Gasteiger partial charge in [0.1, 0.15) is 0 Å². The minimum Gasteiger partial charge on any atom is -0.493 e. The Morgan fingerprint density at radius 3 is 2.39 bits per heavy atom. The summed E-state index contributed by atoms with van der Waals surface area (Å²) in [5.41, 5.74) is 0.961. The van der Waals surface area contributed by atoms with E-state index in [0.717, 1.165) is 29.9 Å². The highest BCUT2D eigenvalue weighted by Crippen LogP contribution is 2.33. The molecular weight excluding hydrogens is 290 g/mol. The lowest BCUT2D eigenvalue weighted by molar-refractivity contribution is -0.126. The molecule has 0 unspecified atom stereocenters. The first-order valence-corrected chi connectivity index (χ1v) is 8.48. The van der Waals surface area contributed by atoms with Gasteiger partial charge >= 0.3 is 0 Å². The van der Waals surface area contributed by atoms with E-state index in [1.165, 1.54) is 19.3 Å². The molecule has 0 atom stereocenters. The summed E-state index contributed by atoms with van der Waals surface area (Å²) >= 11 is 0. The smallest absolute Gasteiger partial charge is 0.223 e. The Morgan fingerprint density at radius 2 is 1.78 bits per heavy atom. The molecular formula is C19H29NO3. The van der Waals surface area contributed by atoms with Crippen LogP contribution in [0.1, 0.15) is 51.5 Å². The van der Waals surface area contributed by atoms with E-state index >= 15 is 0 Å². The van der Waals surface area contributed by atoms with Crippen LogP contribution in [-0.4, -0.2) is 26.7 Å². The van der Waals surface area contributed by atoms with Gasteiger partial charge in [-0.3, -0.25) is 4.79 Å². The highest BCUT2D eigenvalue weighted by molar-refractivity contribution is 5.78. The Labute approximate surface area is 139 Å². The van der Waals surface area contributed by atoms with Crippen LogP contribution in [0.15, 0.2) is 18.2 Å². The lowest BCUT2D eigenvalue weighted by atomic mass is 9.83. The van der Waals surface area contributed by atoms with E-state index in [1.54, 1.807) is 14.2 Å². The fraction of sp³-hybridized carbons (Fsp3) is 0.632. The highest BCUT2D eigenvalue weighted by atomic mass is 16.5. The third-order valence-corrected chi connectivity index (χ3v) is 4.85. The van der Waals surface area contributed by atoms with E-state index in [9.17, 15) is 4.79 Å². The molecule has 0 radical (unpaired) electrons. The van der Waals surface area contributed by atoms with Gasteiger partial charge in [0.25, 0.3) is 0 Å². The number of nitrogens with one attached hydrogen (secondary N) is 1. The van der Waals surface area contributed by atoms with Gasteiger partial charge in [0.2, 0.25) is 5.91 Å². The molecule has 4 heteroatoms. The average Bonchev–Trinajstić information content (AvgIpc) is 2.59. The molecule has 4 nitrogen and oxygen atoms in total. The molecule has 0 spiro atoms. The minimum atomic E-state index is -0.163. The van der Waals surface area contributed by atoms with E-state index in [-0.39, 0.29) is 17.2 Å². The maximum absolute atomic E-state index is 12.3. The quantitative estimate of drug-likeness (QED) is 0.870. The van der Waals surface area contributed by atoms with Crippen molar-refractivity contribution in [3.8, 4) is 11.5 Å². The van der Waals surface area contributed by atoms with Crippen molar-refractivity contribution < 1.29 is 14.3 Å². The number of hydrogen-bond donors (Lipinski definition) is 1. The largest absolute Gasteiger partial charge is 0.493 e. The Balaban J connectivity index is 2.01. The Hall–Kier alpha value is -1.71. The lowest BCUT2D eigenvalue weighted by Crippen LogP contribution is -2.40. The third kappa shape index (κ3) is 4.40. The second-order valence-corrected chi connectivity index (χ2v) is 7.01. The first-order valence-electron chi connectivity index (χ1n) is 8.48. The van der Waals surface area contributed by atoms with Gasteiger partial charge in [0.05, 0.1) is 14.2 Å². The summed E-state index contributed by atoms with van der Waals surface area (Å²) in [6, 6.07) is 5.94. The highest BCUT2D eigenvalue weighted by Gasteiger charge is 2.26. The third-order valence-electron chi connectivity index (χ3n) is 4.85. The molecule has 2 rings (SSSR count). The van der Waals surface area contributed by atoms with Crippen molar-refractivity contribution in [1.82, 2.24) is 5.32 Å². The predicted octanol–water partition coefficient (Wildman–Crippen LogP) is 3.68. The van der Waals surface area contributed by atoms with Gasteiger partial charge in [0, 0.05) is 17.9 Å². The summed E-state index contributed by atoms with van der Waals surface area (Å²) in [5, 5.41) is 3.15. The average molecular weight is 319 g/mol. The van der Waals surface area contributed by atoms with Crippen molar-refractivity contribution >= 4 is 5.91 Å². The van der Waals surface area contributed by atoms with Crippen LogP contribution in [0.2, 0.25) is 0 Å². The van der Waals surface area contributed by atoms with Crippen LogP contribution in [0.5, 0.6) is 11.5 Å². The maximum atomic E-state index is 12.3. The van der Waals surface area contributed by atoms with Gasteiger partial charge in [-0.25, -0.2) is 0 Å². The Bertz CT molecular complexity index is 533. The van der Waals surface area contributed by atoms with Gasteiger partial charge < -0.3 is 14.8 Å². The molecule has 1 aliphatic carbocycles. The number of amides is 1. The fourth-order valence-corrected chi connectivity index (χ4v) is 3.18. The number of carbonyl (C=O) groups excluding carboxylic acids is 1. The predicted molar refractivity (Wildman–Crippen MR) is 92.2 cm³/mol. The van der Waals surface area contributed by atoms with Crippen molar-refractivity contribution in [3.63, 3.8) is 0 Å². The van der Waals surface area contributed by atoms with Crippen molar-refractivity contribution in [2.75, 3.05) is 20.8 Å². The molecule has 0 aliphatic heterocycles. The number of benzene rings is 1. The van der Waals surface area contributed by atoms with Gasteiger partial charge in [0.15, 0.2) is 11.5 Å². The van der Waals surface area contributed by atoms with Crippen LogP contribution in [-0.2, 0) is 10.2 Å². The summed E-state index contributed by atoms with van der Waals surface area (Å²) in [6.07, 6.45) is 5.68. The standard InChI is InChI=1S/C19H29NO3/c1-19(2,13-20-18(21)14-8-6-5-7-9-14)15-10-11-16(22-3)17(12-15)23-4/h10-12,14H,5-9,13H2,1-4H3,(H,20,21). The molecule has 0 saturated heterocycles. The van der Waals surface area contributed by atoms with E-state index in [0.29, 0.717) is 6.54 Å². The van der Waals surface area contributed by atoms with Crippen LogP contribution in [0.4, 0.5) is 0 Å². The Kier molecular flexibility index (Phi) is 5.91. The summed E-state index contributed by atoms with van der Waals surface area (Å²) in [6.45, 7) is 4.89. The first kappa shape index (κ1) is 17.6. The zero-order valence-electron chi connectivity index (χ0n) is 14.8. The zero-order valence-corrected chi connectivity index (χ0v) is 14.8. The van der Waals surface area contributed by atoms with E-state index in [2.05, 4.69) is 19.2 Å². The summed E-state index contributed by atoms with van der Waals surface area (Å²) in [4.78, 5) is 12.3. The van der Waals surface area contributed by atoms with Crippen LogP contribution < -0.4 is 14.8 Å². The molecule has 0 bridgehead atoms. The van der Waals surface area contributed by atoms with E-state index < -0.39 is 0 Å². The molecule has 0 aromatic heterocycles.